The zero-order chi connectivity index (χ0) is 20.5. The van der Waals surface area contributed by atoms with Gasteiger partial charge in [-0.2, -0.15) is 0 Å². The monoisotopic (exact) mass is 431 g/mol. The molecule has 0 radical (unpaired) electrons. The average Bonchev–Trinajstić information content (AvgIpc) is 3.22. The van der Waals surface area contributed by atoms with Gasteiger partial charge in [0.25, 0.3) is 0 Å². The quantitative estimate of drug-likeness (QED) is 0.405. The first kappa shape index (κ1) is 21.8. The summed E-state index contributed by atoms with van der Waals surface area (Å²) in [5, 5.41) is 17.1. The number of esters is 1. The number of imidazole rings is 1. The molecule has 1 saturated heterocycles. The molecule has 1 aliphatic rings. The molecule has 10 nitrogen and oxygen atoms in total. The van der Waals surface area contributed by atoms with Crippen LogP contribution in [0.5, 0.6) is 0 Å². The number of thiazole rings is 1. The Morgan fingerprint density at radius 1 is 1.29 bits per heavy atom. The number of hydrogen-bond donors (Lipinski definition) is 2. The lowest BCUT2D eigenvalue weighted by atomic mass is 10.4. The van der Waals surface area contributed by atoms with Crippen molar-refractivity contribution in [2.45, 2.75) is 0 Å². The Kier molecular flexibility index (Phi) is 8.39. The number of carboxylic acid groups (broad SMARTS) is 2. The van der Waals surface area contributed by atoms with E-state index < -0.39 is 11.9 Å². The van der Waals surface area contributed by atoms with Crippen molar-refractivity contribution >= 4 is 51.9 Å². The van der Waals surface area contributed by atoms with Crippen LogP contribution < -0.4 is 0 Å². The second-order valence-electron chi connectivity index (χ2n) is 5.41. The zero-order valence-electron chi connectivity index (χ0n) is 14.6. The van der Waals surface area contributed by atoms with Crippen LogP contribution in [0.25, 0.3) is 11.0 Å². The Hall–Kier alpha value is -2.47. The molecule has 0 aliphatic carbocycles. The minimum Gasteiger partial charge on any atom is -0.473 e. The van der Waals surface area contributed by atoms with Gasteiger partial charge in [0.05, 0.1) is 18.9 Å². The Bertz CT molecular complexity index is 846. The molecule has 152 valence electrons. The van der Waals surface area contributed by atoms with Crippen LogP contribution in [-0.2, 0) is 23.9 Å². The highest BCUT2D eigenvalue weighted by Gasteiger charge is 2.11. The summed E-state index contributed by atoms with van der Waals surface area (Å²) in [6.07, 6.45) is 4.88. The number of halogens is 1. The Labute approximate surface area is 168 Å². The van der Waals surface area contributed by atoms with Crippen LogP contribution in [-0.4, -0.2) is 81.9 Å². The van der Waals surface area contributed by atoms with E-state index in [1.54, 1.807) is 6.08 Å². The maximum absolute atomic E-state index is 11.7. The van der Waals surface area contributed by atoms with Gasteiger partial charge < -0.3 is 19.7 Å². The molecule has 2 aromatic rings. The fourth-order valence-electron chi connectivity index (χ4n) is 2.22. The summed E-state index contributed by atoms with van der Waals surface area (Å²) in [6.45, 7) is 4.35. The molecule has 0 amide bonds. The molecule has 0 spiro atoms. The maximum atomic E-state index is 11.7. The number of carbonyl (C=O) groups is 3. The first-order valence-electron chi connectivity index (χ1n) is 8.10. The molecule has 2 aromatic heterocycles. The number of hydrogen-bond acceptors (Lipinski definition) is 8. The molecule has 0 unspecified atom stereocenters. The van der Waals surface area contributed by atoms with Gasteiger partial charge in [0, 0.05) is 37.3 Å². The van der Waals surface area contributed by atoms with Gasteiger partial charge in [-0.3, -0.25) is 9.30 Å². The lowest BCUT2D eigenvalue weighted by molar-refractivity contribution is -0.159. The topological polar surface area (TPSA) is 131 Å². The van der Waals surface area contributed by atoms with Crippen LogP contribution in [0.1, 0.15) is 5.69 Å². The van der Waals surface area contributed by atoms with E-state index in [1.807, 2.05) is 16.0 Å². The van der Waals surface area contributed by atoms with Gasteiger partial charge in [0.1, 0.15) is 6.61 Å². The molecule has 0 saturated carbocycles. The van der Waals surface area contributed by atoms with E-state index in [0.717, 1.165) is 37.8 Å². The van der Waals surface area contributed by atoms with E-state index in [1.165, 1.54) is 17.4 Å². The molecule has 3 rings (SSSR count). The van der Waals surface area contributed by atoms with Crippen molar-refractivity contribution in [2.75, 3.05) is 39.5 Å². The van der Waals surface area contributed by atoms with Gasteiger partial charge in [0.2, 0.25) is 0 Å². The van der Waals surface area contributed by atoms with Crippen LogP contribution in [0, 0.1) is 0 Å². The summed E-state index contributed by atoms with van der Waals surface area (Å²) < 4.78 is 12.3. The number of rotatable bonds is 5. The van der Waals surface area contributed by atoms with Crippen LogP contribution in [0.4, 0.5) is 0 Å². The molecule has 0 aromatic carbocycles. The highest BCUT2D eigenvalue weighted by molar-refractivity contribution is 7.15. The van der Waals surface area contributed by atoms with Crippen molar-refractivity contribution in [1.29, 1.82) is 0 Å². The maximum Gasteiger partial charge on any atom is 0.414 e. The molecule has 3 heterocycles. The lowest BCUT2D eigenvalue weighted by Crippen LogP contribution is -2.38. The summed E-state index contributed by atoms with van der Waals surface area (Å²) in [5.41, 5.74) is 0.683. The van der Waals surface area contributed by atoms with Crippen molar-refractivity contribution in [3.05, 3.63) is 28.5 Å². The van der Waals surface area contributed by atoms with E-state index in [-0.39, 0.29) is 5.97 Å². The third kappa shape index (κ3) is 6.60. The number of carboxylic acids is 2. The van der Waals surface area contributed by atoms with Crippen molar-refractivity contribution in [2.24, 2.45) is 0 Å². The van der Waals surface area contributed by atoms with Gasteiger partial charge >= 0.3 is 17.9 Å². The number of ether oxygens (including phenoxy) is 2. The van der Waals surface area contributed by atoms with Crippen LogP contribution in [0.2, 0.25) is 5.15 Å². The van der Waals surface area contributed by atoms with Crippen molar-refractivity contribution in [3.8, 4) is 0 Å². The normalized spacial score (nSPS) is 14.6. The molecule has 0 atom stereocenters. The summed E-state index contributed by atoms with van der Waals surface area (Å²) in [4.78, 5) is 37.1. The fraction of sp³-hybridized carbons (Fsp3) is 0.375. The second-order valence-corrected chi connectivity index (χ2v) is 6.64. The minimum absolute atomic E-state index is 0.372. The second kappa shape index (κ2) is 10.8. The van der Waals surface area contributed by atoms with Crippen LogP contribution in [0.3, 0.4) is 0 Å². The van der Waals surface area contributed by atoms with Crippen molar-refractivity contribution < 1.29 is 34.1 Å². The van der Waals surface area contributed by atoms with Crippen molar-refractivity contribution in [1.82, 2.24) is 14.3 Å². The Morgan fingerprint density at radius 2 is 1.96 bits per heavy atom. The number of carbonyl (C=O) groups excluding carboxylic acids is 1. The molecule has 1 aliphatic heterocycles. The number of aliphatic carboxylic acids is 2. The number of aromatic nitrogens is 2. The largest absolute Gasteiger partial charge is 0.473 e. The molecule has 2 N–H and O–H groups in total. The lowest BCUT2D eigenvalue weighted by Gasteiger charge is -2.25. The Balaban J connectivity index is 0.000000409. The van der Waals surface area contributed by atoms with Gasteiger partial charge in [0.15, 0.2) is 10.1 Å². The summed E-state index contributed by atoms with van der Waals surface area (Å²) in [5.74, 6) is -4.03. The third-order valence-electron chi connectivity index (χ3n) is 3.57. The predicted molar refractivity (Wildman–Crippen MR) is 101 cm³/mol. The average molecular weight is 432 g/mol. The van der Waals surface area contributed by atoms with E-state index >= 15 is 0 Å². The number of fused-ring (bicyclic) bond motifs is 1. The number of nitrogens with zero attached hydrogens (tertiary/aromatic N) is 3. The van der Waals surface area contributed by atoms with Gasteiger partial charge in [-0.05, 0) is 6.08 Å². The highest BCUT2D eigenvalue weighted by Crippen LogP contribution is 2.22. The minimum atomic E-state index is -1.82. The summed E-state index contributed by atoms with van der Waals surface area (Å²) >= 11 is 7.54. The third-order valence-corrected chi connectivity index (χ3v) is 4.60. The van der Waals surface area contributed by atoms with Gasteiger partial charge in [-0.25, -0.2) is 19.4 Å². The van der Waals surface area contributed by atoms with E-state index in [9.17, 15) is 4.79 Å². The summed E-state index contributed by atoms with van der Waals surface area (Å²) in [6, 6.07) is 0. The summed E-state index contributed by atoms with van der Waals surface area (Å²) in [7, 11) is 0. The standard InChI is InChI=1S/C14H16ClN3O3S.C2H2O4/c15-13-11(18-6-10-22-14(18)16-13)1-2-12(19)21-9-5-17-3-7-20-8-4-17;3-1(4)2(5)6/h1-2,6,10H,3-5,7-9H2;(H,3,4)(H,5,6)/b2-1+;. The SMILES string of the molecule is O=C(/C=C/c1c(Cl)nc2sccn12)OCCN1CCOCC1.O=C(O)C(=O)O. The van der Waals surface area contributed by atoms with Gasteiger partial charge in [-0.15, -0.1) is 11.3 Å². The molecule has 28 heavy (non-hydrogen) atoms. The van der Waals surface area contributed by atoms with Gasteiger partial charge in [-0.1, -0.05) is 11.6 Å². The predicted octanol–water partition coefficient (Wildman–Crippen LogP) is 1.09. The first-order chi connectivity index (χ1) is 13.4. The van der Waals surface area contributed by atoms with Crippen LogP contribution in [0.15, 0.2) is 17.7 Å². The zero-order valence-corrected chi connectivity index (χ0v) is 16.2. The van der Waals surface area contributed by atoms with Crippen LogP contribution >= 0.6 is 22.9 Å². The van der Waals surface area contributed by atoms with E-state index in [0.29, 0.717) is 17.5 Å². The van der Waals surface area contributed by atoms with E-state index in [2.05, 4.69) is 9.88 Å². The number of morpholine rings is 1. The fourth-order valence-corrected chi connectivity index (χ4v) is 3.23. The van der Waals surface area contributed by atoms with E-state index in [4.69, 9.17) is 40.9 Å². The molecular weight excluding hydrogens is 414 g/mol. The molecule has 0 bridgehead atoms. The molecule has 1 fully saturated rings. The molecular formula is C16H18ClN3O7S. The smallest absolute Gasteiger partial charge is 0.414 e. The highest BCUT2D eigenvalue weighted by atomic mass is 35.5. The Morgan fingerprint density at radius 3 is 2.61 bits per heavy atom. The van der Waals surface area contributed by atoms with Crippen molar-refractivity contribution in [3.63, 3.8) is 0 Å². The molecule has 12 heteroatoms. The first-order valence-corrected chi connectivity index (χ1v) is 9.36.